The summed E-state index contributed by atoms with van der Waals surface area (Å²) in [5, 5.41) is 0. The minimum atomic E-state index is 0.709. The number of pyridine rings is 2. The second-order valence-electron chi connectivity index (χ2n) is 12.5. The van der Waals surface area contributed by atoms with Gasteiger partial charge in [0, 0.05) is 42.9 Å². The number of anilines is 5. The molecule has 2 aromatic heterocycles. The Balaban J connectivity index is 0.000000345. The number of para-hydroxylation sites is 5. The van der Waals surface area contributed by atoms with Crippen LogP contribution in [0.5, 0.6) is 0 Å². The van der Waals surface area contributed by atoms with Crippen molar-refractivity contribution in [3.63, 3.8) is 0 Å². The fourth-order valence-electron chi connectivity index (χ4n) is 6.36. The van der Waals surface area contributed by atoms with Crippen LogP contribution < -0.4 is 18.9 Å². The molecule has 0 saturated heterocycles. The van der Waals surface area contributed by atoms with Gasteiger partial charge in [0.15, 0.2) is 24.8 Å². The number of aryl methyl sites for hydroxylation is 2. The zero-order valence-electron chi connectivity index (χ0n) is 28.6. The van der Waals surface area contributed by atoms with Crippen LogP contribution in [-0.2, 0) is 13.1 Å². The van der Waals surface area contributed by atoms with Crippen LogP contribution in [0.15, 0.2) is 158 Å². The van der Waals surface area contributed by atoms with Crippen LogP contribution in [0, 0.1) is 0 Å². The lowest BCUT2D eigenvalue weighted by Crippen LogP contribution is -2.33. The van der Waals surface area contributed by atoms with Gasteiger partial charge in [-0.25, -0.2) is 9.13 Å². The lowest BCUT2D eigenvalue weighted by Gasteiger charge is -2.40. The quantitative estimate of drug-likeness (QED) is 0.110. The van der Waals surface area contributed by atoms with Crippen molar-refractivity contribution in [2.75, 3.05) is 16.3 Å². The fourth-order valence-corrected chi connectivity index (χ4v) is 6.36. The number of unbranched alkanes of at least 4 members (excludes halogenated alkanes) is 1. The van der Waals surface area contributed by atoms with Crippen molar-refractivity contribution in [1.82, 2.24) is 0 Å². The van der Waals surface area contributed by atoms with E-state index in [2.05, 4.69) is 198 Å². The van der Waals surface area contributed by atoms with Gasteiger partial charge in [0.2, 0.25) is 0 Å². The van der Waals surface area contributed by atoms with Crippen molar-refractivity contribution in [2.24, 2.45) is 0 Å². The van der Waals surface area contributed by atoms with Gasteiger partial charge in [0.05, 0.1) is 22.7 Å². The second kappa shape index (κ2) is 16.1. The molecule has 0 aliphatic carbocycles. The highest BCUT2D eigenvalue weighted by molar-refractivity contribution is 5.97. The molecule has 4 nitrogen and oxygen atoms in total. The molecule has 0 radical (unpaired) electrons. The minimum Gasteiger partial charge on any atom is -0.338 e. The molecule has 1 atom stereocenters. The first kappa shape index (κ1) is 32.7. The summed E-state index contributed by atoms with van der Waals surface area (Å²) in [5.74, 6) is 0.709. The molecule has 4 aromatic carbocycles. The van der Waals surface area contributed by atoms with Crippen molar-refractivity contribution >= 4 is 28.4 Å². The molecule has 0 N–H and O–H groups in total. The predicted octanol–water partition coefficient (Wildman–Crippen LogP) is 10.6. The molecular weight excluding hydrogens is 585 g/mol. The van der Waals surface area contributed by atoms with Crippen molar-refractivity contribution in [3.8, 4) is 11.1 Å². The Morgan fingerprint density at radius 1 is 0.521 bits per heavy atom. The van der Waals surface area contributed by atoms with E-state index < -0.39 is 0 Å². The lowest BCUT2D eigenvalue weighted by atomic mass is 9.99. The van der Waals surface area contributed by atoms with Crippen molar-refractivity contribution in [2.45, 2.75) is 59.0 Å². The largest absolute Gasteiger partial charge is 0.338 e. The number of benzene rings is 4. The summed E-state index contributed by atoms with van der Waals surface area (Å²) in [5.41, 5.74) is 10.1. The topological polar surface area (TPSA) is 14.2 Å². The number of fused-ring (bicyclic) bond motifs is 2. The summed E-state index contributed by atoms with van der Waals surface area (Å²) in [7, 11) is 0. The van der Waals surface area contributed by atoms with Gasteiger partial charge in [0.1, 0.15) is 13.1 Å². The first-order valence-corrected chi connectivity index (χ1v) is 17.5. The fraction of sp³-hybridized carbons (Fsp3) is 0.227. The molecule has 48 heavy (non-hydrogen) atoms. The lowest BCUT2D eigenvalue weighted by molar-refractivity contribution is -0.697. The standard InChI is InChI=1S/C34H34N4.C10H14/c1-2-35-24-18-28(19-25-35)29-20-26-36(27-21-29)22-10-11-23-37-31-14-6-8-16-33(31)38(30-12-4-3-5-13-30)34-17-9-7-15-32(34)37;1-3-9(2)10-7-5-4-6-8-10/h3-9,12-21,24-27H,2,10-11,22-23H2,1H3;4-9H,3H2,1-2H3/q+2;/t;9-/m.1/s1. The van der Waals surface area contributed by atoms with Gasteiger partial charge >= 0.3 is 0 Å². The van der Waals surface area contributed by atoms with Crippen molar-refractivity contribution in [3.05, 3.63) is 164 Å². The molecule has 4 heteroatoms. The van der Waals surface area contributed by atoms with Crippen LogP contribution in [0.25, 0.3) is 11.1 Å². The third-order valence-electron chi connectivity index (χ3n) is 9.35. The van der Waals surface area contributed by atoms with E-state index in [9.17, 15) is 0 Å². The molecule has 0 spiro atoms. The number of aromatic nitrogens is 2. The van der Waals surface area contributed by atoms with E-state index in [0.717, 1.165) is 32.5 Å². The first-order chi connectivity index (χ1) is 23.7. The van der Waals surface area contributed by atoms with E-state index in [0.29, 0.717) is 5.92 Å². The Morgan fingerprint density at radius 2 is 1.00 bits per heavy atom. The Labute approximate surface area is 287 Å². The maximum Gasteiger partial charge on any atom is 0.169 e. The maximum atomic E-state index is 2.50. The molecule has 0 unspecified atom stereocenters. The third kappa shape index (κ3) is 7.66. The molecule has 0 saturated carbocycles. The number of hydrogen-bond donors (Lipinski definition) is 0. The van der Waals surface area contributed by atoms with Crippen LogP contribution in [0.2, 0.25) is 0 Å². The van der Waals surface area contributed by atoms with Gasteiger partial charge in [0.25, 0.3) is 0 Å². The second-order valence-corrected chi connectivity index (χ2v) is 12.5. The average Bonchev–Trinajstić information content (AvgIpc) is 3.17. The highest BCUT2D eigenvalue weighted by Crippen LogP contribution is 2.51. The molecule has 0 bridgehead atoms. The Hall–Kier alpha value is -5.22. The van der Waals surface area contributed by atoms with Crippen molar-refractivity contribution in [1.29, 1.82) is 0 Å². The van der Waals surface area contributed by atoms with Gasteiger partial charge in [-0.05, 0) is 78.8 Å². The zero-order valence-corrected chi connectivity index (χ0v) is 28.6. The molecular formula is C44H48N4+2. The number of hydrogen-bond acceptors (Lipinski definition) is 2. The molecule has 0 fully saturated rings. The van der Waals surface area contributed by atoms with E-state index in [1.165, 1.54) is 51.5 Å². The minimum absolute atomic E-state index is 0.709. The molecule has 1 aliphatic heterocycles. The Kier molecular flexibility index (Phi) is 10.9. The van der Waals surface area contributed by atoms with Crippen LogP contribution in [0.1, 0.15) is 51.5 Å². The molecule has 0 amide bonds. The third-order valence-corrected chi connectivity index (χ3v) is 9.35. The summed E-state index contributed by atoms with van der Waals surface area (Å²) in [6.07, 6.45) is 12.2. The van der Waals surface area contributed by atoms with Gasteiger partial charge < -0.3 is 9.80 Å². The summed E-state index contributed by atoms with van der Waals surface area (Å²) in [4.78, 5) is 4.88. The monoisotopic (exact) mass is 632 g/mol. The van der Waals surface area contributed by atoms with E-state index in [1.54, 1.807) is 0 Å². The molecule has 6 aromatic rings. The van der Waals surface area contributed by atoms with Crippen LogP contribution in [0.3, 0.4) is 0 Å². The Morgan fingerprint density at radius 3 is 1.52 bits per heavy atom. The normalized spacial score (nSPS) is 12.4. The zero-order chi connectivity index (χ0) is 33.1. The van der Waals surface area contributed by atoms with E-state index in [4.69, 9.17) is 0 Å². The summed E-state index contributed by atoms with van der Waals surface area (Å²) in [6, 6.07) is 47.7. The van der Waals surface area contributed by atoms with Crippen LogP contribution in [0.4, 0.5) is 28.4 Å². The Bertz CT molecular complexity index is 1800. The summed E-state index contributed by atoms with van der Waals surface area (Å²) in [6.45, 7) is 9.63. The highest BCUT2D eigenvalue weighted by atomic mass is 15.3. The predicted molar refractivity (Wildman–Crippen MR) is 200 cm³/mol. The van der Waals surface area contributed by atoms with E-state index in [-0.39, 0.29) is 0 Å². The number of rotatable bonds is 10. The molecule has 7 rings (SSSR count). The van der Waals surface area contributed by atoms with Gasteiger partial charge in [-0.15, -0.1) is 0 Å². The summed E-state index contributed by atoms with van der Waals surface area (Å²) >= 11 is 0. The SMILES string of the molecule is CC[C@@H](C)c1ccccc1.CC[n+]1ccc(-c2cc[n+](CCCCN3c4ccccc4N(c4ccccc4)c4ccccc43)cc2)cc1. The smallest absolute Gasteiger partial charge is 0.169 e. The molecule has 242 valence electrons. The van der Waals surface area contributed by atoms with Crippen LogP contribution in [-0.4, -0.2) is 6.54 Å². The highest BCUT2D eigenvalue weighted by Gasteiger charge is 2.28. The molecule has 3 heterocycles. The van der Waals surface area contributed by atoms with Crippen LogP contribution >= 0.6 is 0 Å². The van der Waals surface area contributed by atoms with Crippen molar-refractivity contribution < 1.29 is 9.13 Å². The summed E-state index contributed by atoms with van der Waals surface area (Å²) < 4.78 is 4.48. The van der Waals surface area contributed by atoms with Gasteiger partial charge in [-0.3, -0.25) is 0 Å². The molecule has 1 aliphatic rings. The number of nitrogens with zero attached hydrogens (tertiary/aromatic N) is 4. The van der Waals surface area contributed by atoms with Gasteiger partial charge in [-0.2, -0.15) is 0 Å². The van der Waals surface area contributed by atoms with E-state index >= 15 is 0 Å². The van der Waals surface area contributed by atoms with E-state index in [1.807, 2.05) is 0 Å². The average molecular weight is 633 g/mol. The maximum absolute atomic E-state index is 2.50. The first-order valence-electron chi connectivity index (χ1n) is 17.5. The van der Waals surface area contributed by atoms with Gasteiger partial charge in [-0.1, -0.05) is 86.6 Å².